The summed E-state index contributed by atoms with van der Waals surface area (Å²) >= 11 is 0. The highest BCUT2D eigenvalue weighted by Crippen LogP contribution is 2.42. The lowest BCUT2D eigenvalue weighted by molar-refractivity contribution is -0.286. The molecule has 1 spiro atoms. The molecule has 2 heterocycles. The van der Waals surface area contributed by atoms with Gasteiger partial charge in [-0.25, -0.2) is 4.79 Å². The first-order valence-electron chi connectivity index (χ1n) is 9.70. The average Bonchev–Trinajstić information content (AvgIpc) is 3.15. The summed E-state index contributed by atoms with van der Waals surface area (Å²) in [4.78, 5) is 39.2. The molecule has 2 aliphatic heterocycles. The number of carbonyl (C=O) groups is 3. The number of urea groups is 1. The van der Waals surface area contributed by atoms with Crippen molar-refractivity contribution in [3.8, 4) is 11.5 Å². The van der Waals surface area contributed by atoms with Gasteiger partial charge in [0.05, 0.1) is 0 Å². The van der Waals surface area contributed by atoms with E-state index in [0.717, 1.165) is 28.9 Å². The highest BCUT2D eigenvalue weighted by Gasteiger charge is 2.54. The van der Waals surface area contributed by atoms with Gasteiger partial charge in [0.2, 0.25) is 5.91 Å². The van der Waals surface area contributed by atoms with Crippen molar-refractivity contribution in [2.45, 2.75) is 31.1 Å². The molecule has 31 heavy (non-hydrogen) atoms. The van der Waals surface area contributed by atoms with Crippen molar-refractivity contribution in [1.82, 2.24) is 10.2 Å². The Morgan fingerprint density at radius 1 is 1.13 bits per heavy atom. The third-order valence-electron chi connectivity index (χ3n) is 5.64. The molecule has 0 saturated carbocycles. The van der Waals surface area contributed by atoms with Crippen LogP contribution >= 0.6 is 0 Å². The van der Waals surface area contributed by atoms with Gasteiger partial charge in [-0.15, -0.1) is 8.78 Å². The number of hydrogen-bond acceptors (Lipinski definition) is 5. The van der Waals surface area contributed by atoms with Gasteiger partial charge in [0.15, 0.2) is 11.5 Å². The number of anilines is 1. The molecule has 2 aromatic carbocycles. The smallest absolute Gasteiger partial charge is 0.395 e. The van der Waals surface area contributed by atoms with Gasteiger partial charge < -0.3 is 20.1 Å². The molecule has 10 heteroatoms. The van der Waals surface area contributed by atoms with Crippen LogP contribution < -0.4 is 20.1 Å². The molecule has 1 atom stereocenters. The van der Waals surface area contributed by atoms with Crippen LogP contribution in [0.1, 0.15) is 24.0 Å². The largest absolute Gasteiger partial charge is 0.586 e. The number of imide groups is 1. The van der Waals surface area contributed by atoms with Crippen molar-refractivity contribution in [2.75, 3.05) is 11.9 Å². The third kappa shape index (κ3) is 3.15. The predicted octanol–water partition coefficient (Wildman–Crippen LogP) is 2.73. The van der Waals surface area contributed by atoms with E-state index in [1.165, 1.54) is 18.2 Å². The summed E-state index contributed by atoms with van der Waals surface area (Å²) in [7, 11) is 0. The Bertz CT molecular complexity index is 1120. The van der Waals surface area contributed by atoms with Crippen LogP contribution in [-0.2, 0) is 21.5 Å². The Balaban J connectivity index is 1.32. The van der Waals surface area contributed by atoms with E-state index in [1.54, 1.807) is 0 Å². The minimum atomic E-state index is -3.77. The summed E-state index contributed by atoms with van der Waals surface area (Å²) in [5.41, 5.74) is 0.733. The molecule has 1 fully saturated rings. The number of nitrogens with zero attached hydrogens (tertiary/aromatic N) is 1. The van der Waals surface area contributed by atoms with Crippen molar-refractivity contribution >= 4 is 23.5 Å². The number of halogens is 2. The topological polar surface area (TPSA) is 97.0 Å². The number of rotatable bonds is 3. The molecule has 2 N–H and O–H groups in total. The Labute approximate surface area is 175 Å². The Hall–Kier alpha value is -3.69. The predicted molar refractivity (Wildman–Crippen MR) is 103 cm³/mol. The zero-order valence-electron chi connectivity index (χ0n) is 16.1. The lowest BCUT2D eigenvalue weighted by Gasteiger charge is -2.33. The molecule has 1 unspecified atom stereocenters. The lowest BCUT2D eigenvalue weighted by Crippen LogP contribution is -2.47. The second kappa shape index (κ2) is 6.66. The van der Waals surface area contributed by atoms with Gasteiger partial charge in [-0.3, -0.25) is 14.5 Å². The van der Waals surface area contributed by atoms with Crippen LogP contribution in [0.3, 0.4) is 0 Å². The summed E-state index contributed by atoms with van der Waals surface area (Å²) in [6, 6.07) is 10.5. The monoisotopic (exact) mass is 429 g/mol. The number of hydrogen-bond donors (Lipinski definition) is 2. The molecule has 2 aromatic rings. The highest BCUT2D eigenvalue weighted by atomic mass is 19.3. The first-order valence-corrected chi connectivity index (χ1v) is 9.70. The van der Waals surface area contributed by atoms with Crippen LogP contribution in [0.2, 0.25) is 0 Å². The molecule has 0 bridgehead atoms. The zero-order chi connectivity index (χ0) is 21.8. The average molecular weight is 429 g/mol. The maximum Gasteiger partial charge on any atom is 0.586 e. The first-order chi connectivity index (χ1) is 14.8. The molecule has 160 valence electrons. The van der Waals surface area contributed by atoms with E-state index in [-0.39, 0.29) is 17.2 Å². The first kappa shape index (κ1) is 19.3. The number of alkyl halides is 2. The Morgan fingerprint density at radius 2 is 1.90 bits per heavy atom. The quantitative estimate of drug-likeness (QED) is 0.732. The zero-order valence-corrected chi connectivity index (χ0v) is 16.1. The van der Waals surface area contributed by atoms with Crippen molar-refractivity contribution in [2.24, 2.45) is 0 Å². The summed E-state index contributed by atoms with van der Waals surface area (Å²) in [6.07, 6.45) is -1.78. The summed E-state index contributed by atoms with van der Waals surface area (Å²) in [6.45, 7) is -0.515. The van der Waals surface area contributed by atoms with Gasteiger partial charge in [0.25, 0.3) is 5.91 Å². The van der Waals surface area contributed by atoms with Crippen LogP contribution in [0.4, 0.5) is 19.3 Å². The fraction of sp³-hybridized carbons (Fsp3) is 0.286. The van der Waals surface area contributed by atoms with Crippen molar-refractivity contribution in [3.63, 3.8) is 0 Å². The molecular weight excluding hydrogens is 412 g/mol. The van der Waals surface area contributed by atoms with Crippen molar-refractivity contribution < 1.29 is 32.6 Å². The summed E-state index contributed by atoms with van der Waals surface area (Å²) < 4.78 is 35.0. The molecular formula is C21H17F2N3O5. The van der Waals surface area contributed by atoms with Gasteiger partial charge in [0, 0.05) is 11.8 Å². The van der Waals surface area contributed by atoms with E-state index >= 15 is 0 Å². The number of aryl methyl sites for hydroxylation is 1. The highest BCUT2D eigenvalue weighted by molar-refractivity contribution is 6.10. The molecule has 1 saturated heterocycles. The number of carbonyl (C=O) groups excluding carboxylic acids is 3. The Kier molecular flexibility index (Phi) is 4.14. The third-order valence-corrected chi connectivity index (χ3v) is 5.64. The standard InChI is InChI=1S/C21H17F2N3O5/c22-21(23)30-15-8-7-13(10-16(15)31-21)24-17(27)11-26-18(28)20(25-19(26)29)9-3-5-12-4-1-2-6-14(12)20/h1-2,4,6-8,10H,3,5,9,11H2,(H,24,27)(H,25,29). The summed E-state index contributed by atoms with van der Waals surface area (Å²) in [5.74, 6) is -1.52. The number of fused-ring (bicyclic) bond motifs is 3. The second-order valence-corrected chi connectivity index (χ2v) is 7.61. The maximum absolute atomic E-state index is 13.2. The molecule has 1 aliphatic carbocycles. The lowest BCUT2D eigenvalue weighted by atomic mass is 9.76. The Morgan fingerprint density at radius 3 is 2.74 bits per heavy atom. The molecule has 0 radical (unpaired) electrons. The van der Waals surface area contributed by atoms with E-state index in [4.69, 9.17) is 0 Å². The number of nitrogens with one attached hydrogen (secondary N) is 2. The van der Waals surface area contributed by atoms with Crippen LogP contribution in [0.5, 0.6) is 11.5 Å². The maximum atomic E-state index is 13.2. The van der Waals surface area contributed by atoms with Crippen LogP contribution in [-0.4, -0.2) is 35.6 Å². The van der Waals surface area contributed by atoms with E-state index < -0.39 is 36.2 Å². The summed E-state index contributed by atoms with van der Waals surface area (Å²) in [5, 5.41) is 5.26. The molecule has 5 rings (SSSR count). The van der Waals surface area contributed by atoms with E-state index in [9.17, 15) is 23.2 Å². The number of ether oxygens (including phenoxy) is 2. The van der Waals surface area contributed by atoms with Gasteiger partial charge in [-0.2, -0.15) is 0 Å². The van der Waals surface area contributed by atoms with E-state index in [0.29, 0.717) is 6.42 Å². The van der Waals surface area contributed by atoms with Crippen LogP contribution in [0.25, 0.3) is 0 Å². The van der Waals surface area contributed by atoms with Gasteiger partial charge >= 0.3 is 12.3 Å². The van der Waals surface area contributed by atoms with Crippen molar-refractivity contribution in [3.05, 3.63) is 53.6 Å². The number of amides is 4. The van der Waals surface area contributed by atoms with E-state index in [2.05, 4.69) is 20.1 Å². The second-order valence-electron chi connectivity index (χ2n) is 7.61. The molecule has 4 amide bonds. The number of benzene rings is 2. The minimum absolute atomic E-state index is 0.157. The van der Waals surface area contributed by atoms with Gasteiger partial charge in [0.1, 0.15) is 12.1 Å². The van der Waals surface area contributed by atoms with Crippen LogP contribution in [0, 0.1) is 0 Å². The fourth-order valence-corrected chi connectivity index (χ4v) is 4.33. The molecule has 3 aliphatic rings. The van der Waals surface area contributed by atoms with Crippen LogP contribution in [0.15, 0.2) is 42.5 Å². The molecule has 8 nitrogen and oxygen atoms in total. The van der Waals surface area contributed by atoms with Gasteiger partial charge in [-0.1, -0.05) is 24.3 Å². The SMILES string of the molecule is O=C(CN1C(=O)NC2(CCCc3ccccc32)C1=O)Nc1ccc2c(c1)OC(F)(F)O2. The fourth-order valence-electron chi connectivity index (χ4n) is 4.33. The van der Waals surface area contributed by atoms with Crippen molar-refractivity contribution in [1.29, 1.82) is 0 Å². The normalized spacial score (nSPS) is 23.0. The van der Waals surface area contributed by atoms with Gasteiger partial charge in [-0.05, 0) is 42.5 Å². The minimum Gasteiger partial charge on any atom is -0.395 e. The molecule has 0 aromatic heterocycles. The van der Waals surface area contributed by atoms with E-state index in [1.807, 2.05) is 24.3 Å².